The number of pyridine rings is 1. The van der Waals surface area contributed by atoms with Crippen molar-refractivity contribution in [2.24, 2.45) is 12.2 Å². The van der Waals surface area contributed by atoms with E-state index in [1.165, 1.54) is 11.6 Å². The number of nitrogens with two attached hydrogens (primary N) is 1. The lowest BCUT2D eigenvalue weighted by atomic mass is 10.2. The molecule has 7 nitrogen and oxygen atoms in total. The minimum absolute atomic E-state index is 0.289. The molecule has 0 saturated carbocycles. The van der Waals surface area contributed by atoms with Gasteiger partial charge in [-0.1, -0.05) is 24.3 Å². The van der Waals surface area contributed by atoms with E-state index in [1.54, 1.807) is 6.07 Å². The Kier molecular flexibility index (Phi) is 2.77. The van der Waals surface area contributed by atoms with Crippen molar-refractivity contribution in [1.82, 2.24) is 19.7 Å². The summed E-state index contributed by atoms with van der Waals surface area (Å²) >= 11 is 0. The van der Waals surface area contributed by atoms with Gasteiger partial charge in [0.15, 0.2) is 5.82 Å². The maximum Gasteiger partial charge on any atom is 0.273 e. The van der Waals surface area contributed by atoms with Crippen molar-refractivity contribution in [2.75, 3.05) is 0 Å². The number of rotatable bonds is 2. The molecule has 0 aliphatic rings. The van der Waals surface area contributed by atoms with Crippen molar-refractivity contribution >= 4 is 20.9 Å². The van der Waals surface area contributed by atoms with E-state index in [0.29, 0.717) is 11.5 Å². The second-order valence-corrected chi connectivity index (χ2v) is 5.75. The molecule has 2 N–H and O–H groups in total. The van der Waals surface area contributed by atoms with E-state index in [9.17, 15) is 8.42 Å². The van der Waals surface area contributed by atoms with Crippen molar-refractivity contribution in [3.8, 4) is 11.5 Å². The zero-order valence-corrected chi connectivity index (χ0v) is 11.4. The highest BCUT2D eigenvalue weighted by atomic mass is 32.2. The summed E-state index contributed by atoms with van der Waals surface area (Å²) < 4.78 is 24.0. The third-order valence-electron chi connectivity index (χ3n) is 2.92. The molecule has 0 radical (unpaired) electrons. The van der Waals surface area contributed by atoms with Crippen LogP contribution in [0.5, 0.6) is 0 Å². The normalized spacial score (nSPS) is 11.9. The Morgan fingerprint density at radius 3 is 2.55 bits per heavy atom. The molecule has 0 aliphatic carbocycles. The molecule has 0 aliphatic heterocycles. The van der Waals surface area contributed by atoms with Gasteiger partial charge in [-0.15, -0.1) is 10.2 Å². The van der Waals surface area contributed by atoms with Gasteiger partial charge in [0.2, 0.25) is 0 Å². The Balaban J connectivity index is 2.19. The molecule has 0 fully saturated rings. The van der Waals surface area contributed by atoms with Crippen LogP contribution in [0.25, 0.3) is 22.4 Å². The van der Waals surface area contributed by atoms with Crippen molar-refractivity contribution in [3.05, 3.63) is 36.4 Å². The minimum atomic E-state index is -3.90. The number of fused-ring (bicyclic) bond motifs is 1. The summed E-state index contributed by atoms with van der Waals surface area (Å²) in [6, 6.07) is 11.3. The van der Waals surface area contributed by atoms with Crippen LogP contribution in [-0.2, 0) is 17.1 Å². The molecular weight excluding hydrogens is 278 g/mol. The van der Waals surface area contributed by atoms with Gasteiger partial charge in [0, 0.05) is 12.4 Å². The summed E-state index contributed by atoms with van der Waals surface area (Å²) in [6.45, 7) is 0. The van der Waals surface area contributed by atoms with E-state index in [0.717, 1.165) is 10.9 Å². The fourth-order valence-electron chi connectivity index (χ4n) is 1.98. The predicted molar refractivity (Wildman–Crippen MR) is 73.1 cm³/mol. The lowest BCUT2D eigenvalue weighted by Crippen LogP contribution is -2.17. The molecule has 0 spiro atoms. The fraction of sp³-hybridized carbons (Fsp3) is 0.0833. The molecule has 1 aromatic carbocycles. The van der Waals surface area contributed by atoms with Gasteiger partial charge in [-0.3, -0.25) is 4.57 Å². The maximum absolute atomic E-state index is 11.3. The molecule has 8 heteroatoms. The Morgan fingerprint density at radius 2 is 1.85 bits per heavy atom. The summed E-state index contributed by atoms with van der Waals surface area (Å²) in [7, 11) is -2.37. The van der Waals surface area contributed by atoms with Gasteiger partial charge in [0.1, 0.15) is 5.69 Å². The van der Waals surface area contributed by atoms with E-state index in [4.69, 9.17) is 5.14 Å². The average molecular weight is 289 g/mol. The molecule has 0 amide bonds. The molecule has 2 aromatic heterocycles. The van der Waals surface area contributed by atoms with Gasteiger partial charge in [-0.25, -0.2) is 18.5 Å². The lowest BCUT2D eigenvalue weighted by molar-refractivity contribution is 0.580. The molecular formula is C12H11N5O2S. The van der Waals surface area contributed by atoms with Crippen LogP contribution in [-0.4, -0.2) is 28.2 Å². The van der Waals surface area contributed by atoms with E-state index in [2.05, 4.69) is 15.2 Å². The number of aromatic nitrogens is 4. The summed E-state index contributed by atoms with van der Waals surface area (Å²) in [5.74, 6) is 0.347. The molecule has 3 rings (SSSR count). The zero-order valence-electron chi connectivity index (χ0n) is 10.6. The van der Waals surface area contributed by atoms with Crippen LogP contribution in [0.1, 0.15) is 0 Å². The number of benzene rings is 1. The first kappa shape index (κ1) is 12.7. The topological polar surface area (TPSA) is 104 Å². The molecule has 0 atom stereocenters. The molecule has 0 unspecified atom stereocenters. The Labute approximate surface area is 115 Å². The SMILES string of the molecule is Cn1c(-c2ccc3ccccc3n2)nnc1S(N)(=O)=O. The van der Waals surface area contributed by atoms with E-state index < -0.39 is 10.0 Å². The molecule has 0 saturated heterocycles. The highest BCUT2D eigenvalue weighted by Gasteiger charge is 2.20. The van der Waals surface area contributed by atoms with E-state index in [1.807, 2.05) is 30.3 Å². The van der Waals surface area contributed by atoms with Crippen LogP contribution >= 0.6 is 0 Å². The Morgan fingerprint density at radius 1 is 1.10 bits per heavy atom. The first-order chi connectivity index (χ1) is 9.47. The molecule has 3 aromatic rings. The standard InChI is InChI=1S/C12H11N5O2S/c1-17-11(15-16-12(17)20(13,18)19)10-7-6-8-4-2-3-5-9(8)14-10/h2-7H,1H3,(H2,13,18,19). The Bertz CT molecular complexity index is 901. The number of para-hydroxylation sites is 1. The number of nitrogens with zero attached hydrogens (tertiary/aromatic N) is 4. The molecule has 20 heavy (non-hydrogen) atoms. The van der Waals surface area contributed by atoms with Crippen LogP contribution < -0.4 is 5.14 Å². The summed E-state index contributed by atoms with van der Waals surface area (Å²) in [5.41, 5.74) is 1.33. The van der Waals surface area contributed by atoms with Crippen molar-refractivity contribution < 1.29 is 8.42 Å². The van der Waals surface area contributed by atoms with Gasteiger partial charge >= 0.3 is 0 Å². The maximum atomic E-state index is 11.3. The highest BCUT2D eigenvalue weighted by Crippen LogP contribution is 2.20. The Hall–Kier alpha value is -2.32. The highest BCUT2D eigenvalue weighted by molar-refractivity contribution is 7.89. The second-order valence-electron chi connectivity index (χ2n) is 4.30. The predicted octanol–water partition coefficient (Wildman–Crippen LogP) is 0.678. The third kappa shape index (κ3) is 2.04. The van der Waals surface area contributed by atoms with Crippen LogP contribution in [0.15, 0.2) is 41.6 Å². The number of hydrogen-bond donors (Lipinski definition) is 1. The quantitative estimate of drug-likeness (QED) is 0.747. The second kappa shape index (κ2) is 4.36. The average Bonchev–Trinajstić information content (AvgIpc) is 2.80. The van der Waals surface area contributed by atoms with Crippen LogP contribution in [0.2, 0.25) is 0 Å². The largest absolute Gasteiger partial charge is 0.299 e. The van der Waals surface area contributed by atoms with Gasteiger partial charge < -0.3 is 0 Å². The van der Waals surface area contributed by atoms with Gasteiger partial charge in [-0.2, -0.15) is 0 Å². The molecule has 0 bridgehead atoms. The van der Waals surface area contributed by atoms with Crippen molar-refractivity contribution in [1.29, 1.82) is 0 Å². The molecule has 102 valence electrons. The lowest BCUT2D eigenvalue weighted by Gasteiger charge is -2.03. The molecule has 2 heterocycles. The smallest absolute Gasteiger partial charge is 0.273 e. The zero-order chi connectivity index (χ0) is 14.3. The first-order valence-electron chi connectivity index (χ1n) is 5.75. The van der Waals surface area contributed by atoms with Crippen LogP contribution in [0, 0.1) is 0 Å². The van der Waals surface area contributed by atoms with Crippen LogP contribution in [0.3, 0.4) is 0 Å². The number of hydrogen-bond acceptors (Lipinski definition) is 5. The van der Waals surface area contributed by atoms with E-state index in [-0.39, 0.29) is 5.16 Å². The summed E-state index contributed by atoms with van der Waals surface area (Å²) in [5, 5.41) is 13.2. The van der Waals surface area contributed by atoms with Gasteiger partial charge in [0.25, 0.3) is 15.2 Å². The first-order valence-corrected chi connectivity index (χ1v) is 7.30. The number of sulfonamides is 1. The van der Waals surface area contributed by atoms with Gasteiger partial charge in [-0.05, 0) is 12.1 Å². The van der Waals surface area contributed by atoms with Gasteiger partial charge in [0.05, 0.1) is 5.52 Å². The summed E-state index contributed by atoms with van der Waals surface area (Å²) in [4.78, 5) is 4.44. The fourth-order valence-corrected chi connectivity index (χ4v) is 2.60. The van der Waals surface area contributed by atoms with Crippen molar-refractivity contribution in [2.45, 2.75) is 5.16 Å². The number of primary sulfonamides is 1. The summed E-state index contributed by atoms with van der Waals surface area (Å²) in [6.07, 6.45) is 0. The van der Waals surface area contributed by atoms with E-state index >= 15 is 0 Å². The minimum Gasteiger partial charge on any atom is -0.299 e. The van der Waals surface area contributed by atoms with Crippen LogP contribution in [0.4, 0.5) is 0 Å². The van der Waals surface area contributed by atoms with Crippen molar-refractivity contribution in [3.63, 3.8) is 0 Å². The third-order valence-corrected chi connectivity index (χ3v) is 3.78. The monoisotopic (exact) mass is 289 g/mol.